The third kappa shape index (κ3) is 8.17. The van der Waals surface area contributed by atoms with Crippen LogP contribution in [0.25, 0.3) is 11.0 Å². The number of nitrogens with zero attached hydrogens (tertiary/aromatic N) is 1. The lowest BCUT2D eigenvalue weighted by Gasteiger charge is -2.26. The first-order chi connectivity index (χ1) is 18.5. The van der Waals surface area contributed by atoms with Crippen LogP contribution >= 0.6 is 0 Å². The minimum Gasteiger partial charge on any atom is -0.494 e. The average molecular weight is 521 g/mol. The number of hydrogen-bond donors (Lipinski definition) is 2. The van der Waals surface area contributed by atoms with E-state index in [1.165, 1.54) is 37.9 Å². The van der Waals surface area contributed by atoms with E-state index < -0.39 is 17.5 Å². The number of unbranched alkanes of at least 4 members (excludes halogenated alkanes) is 1. The first-order valence-corrected chi connectivity index (χ1v) is 13.9. The normalized spacial score (nSPS) is 14.9. The highest BCUT2D eigenvalue weighted by Crippen LogP contribution is 2.21. The van der Waals surface area contributed by atoms with Crippen molar-refractivity contribution in [3.63, 3.8) is 0 Å². The van der Waals surface area contributed by atoms with Crippen LogP contribution in [-0.2, 0) is 17.6 Å². The maximum Gasteiger partial charge on any atom is 0.339 e. The zero-order valence-corrected chi connectivity index (χ0v) is 22.4. The number of likely N-dealkylation sites (tertiary alicyclic amines) is 1. The molecule has 0 spiro atoms. The highest BCUT2D eigenvalue weighted by Gasteiger charge is 2.21. The van der Waals surface area contributed by atoms with Gasteiger partial charge in [-0.05, 0) is 101 Å². The summed E-state index contributed by atoms with van der Waals surface area (Å²) in [6.45, 7) is 6.26. The second-order valence-corrected chi connectivity index (χ2v) is 10.5. The van der Waals surface area contributed by atoms with Gasteiger partial charge in [-0.2, -0.15) is 0 Å². The molecule has 1 unspecified atom stereocenters. The van der Waals surface area contributed by atoms with Gasteiger partial charge in [-0.25, -0.2) is 10.3 Å². The molecule has 0 radical (unpaired) electrons. The maximum absolute atomic E-state index is 12.5. The zero-order valence-electron chi connectivity index (χ0n) is 22.4. The Kier molecular flexibility index (Phi) is 10.4. The largest absolute Gasteiger partial charge is 0.494 e. The van der Waals surface area contributed by atoms with Gasteiger partial charge in [-0.15, -0.1) is 0 Å². The monoisotopic (exact) mass is 520 g/mol. The van der Waals surface area contributed by atoms with E-state index in [-0.39, 0.29) is 6.42 Å². The summed E-state index contributed by atoms with van der Waals surface area (Å²) < 4.78 is 11.4. The number of rotatable bonds is 13. The van der Waals surface area contributed by atoms with Gasteiger partial charge in [0.15, 0.2) is 0 Å². The molecular formula is C31H40N2O5. The summed E-state index contributed by atoms with van der Waals surface area (Å²) in [5.74, 6) is -0.0853. The number of piperidine rings is 1. The second kappa shape index (κ2) is 14.1. The fraction of sp³-hybridized carbons (Fsp3) is 0.484. The molecule has 4 rings (SSSR count). The van der Waals surface area contributed by atoms with Crippen molar-refractivity contribution in [1.29, 1.82) is 0 Å². The molecule has 0 aliphatic carbocycles. The van der Waals surface area contributed by atoms with Crippen LogP contribution in [0.5, 0.6) is 5.75 Å². The Labute approximate surface area is 224 Å². The molecule has 7 nitrogen and oxygen atoms in total. The van der Waals surface area contributed by atoms with Gasteiger partial charge in [-0.1, -0.05) is 36.6 Å². The van der Waals surface area contributed by atoms with E-state index in [1.54, 1.807) is 17.6 Å². The van der Waals surface area contributed by atoms with Crippen LogP contribution in [0.2, 0.25) is 0 Å². The van der Waals surface area contributed by atoms with Crippen LogP contribution in [0.15, 0.2) is 57.7 Å². The summed E-state index contributed by atoms with van der Waals surface area (Å²) in [5, 5.41) is 10.1. The second-order valence-electron chi connectivity index (χ2n) is 10.5. The first kappa shape index (κ1) is 27.9. The molecule has 3 aromatic rings. The highest BCUT2D eigenvalue weighted by molar-refractivity contribution is 5.79. The number of ether oxygens (including phenoxy) is 1. The Bertz CT molecular complexity index is 1230. The fourth-order valence-electron chi connectivity index (χ4n) is 5.24. The molecule has 2 aromatic carbocycles. The van der Waals surface area contributed by atoms with E-state index in [0.29, 0.717) is 17.6 Å². The Hall–Kier alpha value is -3.16. The number of hydroxylamine groups is 1. The summed E-state index contributed by atoms with van der Waals surface area (Å²) in [4.78, 5) is 27.4. The summed E-state index contributed by atoms with van der Waals surface area (Å²) in [6.07, 6.45) is 8.42. The lowest BCUT2D eigenvalue weighted by Crippen LogP contribution is -2.31. The van der Waals surface area contributed by atoms with Crippen LogP contribution in [0.3, 0.4) is 0 Å². The fourth-order valence-corrected chi connectivity index (χ4v) is 5.24. The van der Waals surface area contributed by atoms with Gasteiger partial charge in [0.1, 0.15) is 11.3 Å². The first-order valence-electron chi connectivity index (χ1n) is 13.9. The quantitative estimate of drug-likeness (QED) is 0.135. The SMILES string of the molecule is Cc1ccc2oc(=O)c(CC(CCCCc3ccc(OCCCN4CCCCC4)cc3)C(=O)NO)cc2c1. The van der Waals surface area contributed by atoms with Crippen LogP contribution in [-0.4, -0.2) is 42.3 Å². The topological polar surface area (TPSA) is 92.0 Å². The van der Waals surface area contributed by atoms with E-state index in [9.17, 15) is 14.8 Å². The van der Waals surface area contributed by atoms with Crippen molar-refractivity contribution in [3.8, 4) is 5.75 Å². The lowest BCUT2D eigenvalue weighted by atomic mass is 9.92. The number of amides is 1. The van der Waals surface area contributed by atoms with Gasteiger partial charge in [0.05, 0.1) is 6.61 Å². The molecule has 2 heterocycles. The molecule has 0 bridgehead atoms. The van der Waals surface area contributed by atoms with Gasteiger partial charge < -0.3 is 14.1 Å². The maximum atomic E-state index is 12.5. The number of aryl methyl sites for hydroxylation is 2. The van der Waals surface area contributed by atoms with Crippen molar-refractivity contribution in [1.82, 2.24) is 10.4 Å². The Morgan fingerprint density at radius 2 is 1.84 bits per heavy atom. The Morgan fingerprint density at radius 1 is 1.05 bits per heavy atom. The average Bonchev–Trinajstić information content (AvgIpc) is 2.94. The van der Waals surface area contributed by atoms with E-state index >= 15 is 0 Å². The Balaban J connectivity index is 1.22. The van der Waals surface area contributed by atoms with E-state index in [4.69, 9.17) is 9.15 Å². The lowest BCUT2D eigenvalue weighted by molar-refractivity contribution is -0.133. The molecule has 1 aromatic heterocycles. The van der Waals surface area contributed by atoms with Crippen LogP contribution in [0, 0.1) is 12.8 Å². The molecule has 1 aliphatic rings. The predicted molar refractivity (Wildman–Crippen MR) is 149 cm³/mol. The summed E-state index contributed by atoms with van der Waals surface area (Å²) >= 11 is 0. The van der Waals surface area contributed by atoms with Crippen molar-refractivity contribution in [2.45, 2.75) is 64.7 Å². The van der Waals surface area contributed by atoms with Gasteiger partial charge in [-0.3, -0.25) is 10.0 Å². The van der Waals surface area contributed by atoms with Crippen molar-refractivity contribution >= 4 is 16.9 Å². The molecule has 7 heteroatoms. The summed E-state index contributed by atoms with van der Waals surface area (Å²) in [5.41, 5.74) is 4.59. The van der Waals surface area contributed by atoms with Gasteiger partial charge in [0.2, 0.25) is 5.91 Å². The molecule has 0 saturated carbocycles. The molecule has 38 heavy (non-hydrogen) atoms. The number of carbonyl (C=O) groups excluding carboxylic acids is 1. The van der Waals surface area contributed by atoms with Crippen LogP contribution in [0.1, 0.15) is 61.6 Å². The predicted octanol–water partition coefficient (Wildman–Crippen LogP) is 5.43. The Morgan fingerprint density at radius 3 is 2.61 bits per heavy atom. The van der Waals surface area contributed by atoms with Gasteiger partial charge >= 0.3 is 5.63 Å². The molecule has 1 amide bonds. The minimum absolute atomic E-state index is 0.225. The number of nitrogens with one attached hydrogen (secondary N) is 1. The van der Waals surface area contributed by atoms with Crippen LogP contribution < -0.4 is 15.8 Å². The van der Waals surface area contributed by atoms with E-state index in [1.807, 2.05) is 31.2 Å². The van der Waals surface area contributed by atoms with Crippen LogP contribution in [0.4, 0.5) is 0 Å². The molecule has 1 atom stereocenters. The molecule has 1 saturated heterocycles. The third-order valence-corrected chi connectivity index (χ3v) is 7.43. The minimum atomic E-state index is -0.508. The smallest absolute Gasteiger partial charge is 0.339 e. The number of hydrogen-bond acceptors (Lipinski definition) is 6. The number of benzene rings is 2. The standard InChI is InChI=1S/C31H40N2O5/c1-23-10-15-29-26(20-23)22-27(31(35)38-29)21-25(30(34)32-36)9-4-3-8-24-11-13-28(14-12-24)37-19-7-18-33-16-5-2-6-17-33/h10-15,20,22,25,36H,2-9,16-19,21H2,1H3,(H,32,34). The molecule has 1 aliphatic heterocycles. The van der Waals surface area contributed by atoms with E-state index in [0.717, 1.165) is 55.5 Å². The van der Waals surface area contributed by atoms with Crippen molar-refractivity contribution in [2.75, 3.05) is 26.2 Å². The molecule has 2 N–H and O–H groups in total. The highest BCUT2D eigenvalue weighted by atomic mass is 16.5. The van der Waals surface area contributed by atoms with Crippen molar-refractivity contribution < 1.29 is 19.2 Å². The third-order valence-electron chi connectivity index (χ3n) is 7.43. The van der Waals surface area contributed by atoms with E-state index in [2.05, 4.69) is 17.0 Å². The van der Waals surface area contributed by atoms with Crippen molar-refractivity contribution in [2.24, 2.45) is 5.92 Å². The zero-order chi connectivity index (χ0) is 26.7. The summed E-state index contributed by atoms with van der Waals surface area (Å²) in [7, 11) is 0. The summed E-state index contributed by atoms with van der Waals surface area (Å²) in [6, 6.07) is 15.7. The molecular weight excluding hydrogens is 480 g/mol. The van der Waals surface area contributed by atoms with Crippen molar-refractivity contribution in [3.05, 3.63) is 75.6 Å². The molecule has 204 valence electrons. The number of fused-ring (bicyclic) bond motifs is 1. The molecule has 1 fully saturated rings. The van der Waals surface area contributed by atoms with Gasteiger partial charge in [0.25, 0.3) is 0 Å². The van der Waals surface area contributed by atoms with Gasteiger partial charge in [0, 0.05) is 23.4 Å². The number of carbonyl (C=O) groups is 1.